The molecule has 0 unspecified atom stereocenters. The molecule has 0 atom stereocenters. The number of benzene rings is 2. The van der Waals surface area contributed by atoms with Gasteiger partial charge in [0.15, 0.2) is 11.5 Å². The monoisotopic (exact) mass is 307 g/mol. The SMILES string of the molecule is COc1ccc(Cl)cc1NC(=O)Cc1ccc(O)c(O)c1. The molecule has 0 aliphatic rings. The lowest BCUT2D eigenvalue weighted by atomic mass is 10.1. The maximum atomic E-state index is 12.0. The Hall–Kier alpha value is -2.40. The average Bonchev–Trinajstić information content (AvgIpc) is 2.43. The molecule has 5 nitrogen and oxygen atoms in total. The highest BCUT2D eigenvalue weighted by atomic mass is 35.5. The van der Waals surface area contributed by atoms with Gasteiger partial charge < -0.3 is 20.3 Å². The topological polar surface area (TPSA) is 78.8 Å². The van der Waals surface area contributed by atoms with E-state index in [1.165, 1.54) is 19.2 Å². The number of phenols is 2. The number of anilines is 1. The van der Waals surface area contributed by atoms with Gasteiger partial charge in [-0.2, -0.15) is 0 Å². The van der Waals surface area contributed by atoms with E-state index in [0.29, 0.717) is 22.0 Å². The Bertz CT molecular complexity index is 673. The Kier molecular flexibility index (Phi) is 4.55. The van der Waals surface area contributed by atoms with Gasteiger partial charge in [-0.3, -0.25) is 4.79 Å². The highest BCUT2D eigenvalue weighted by molar-refractivity contribution is 6.31. The summed E-state index contributed by atoms with van der Waals surface area (Å²) < 4.78 is 5.14. The van der Waals surface area contributed by atoms with Crippen LogP contribution in [0.1, 0.15) is 5.56 Å². The second kappa shape index (κ2) is 6.37. The molecule has 0 aromatic heterocycles. The molecule has 0 saturated carbocycles. The Labute approximate surface area is 126 Å². The second-order valence-electron chi connectivity index (χ2n) is 4.39. The Balaban J connectivity index is 2.11. The number of methoxy groups -OCH3 is 1. The maximum absolute atomic E-state index is 12.0. The highest BCUT2D eigenvalue weighted by Crippen LogP contribution is 2.28. The molecule has 0 aliphatic carbocycles. The molecule has 2 aromatic carbocycles. The molecule has 0 heterocycles. The highest BCUT2D eigenvalue weighted by Gasteiger charge is 2.10. The number of halogens is 1. The third kappa shape index (κ3) is 3.79. The van der Waals surface area contributed by atoms with E-state index < -0.39 is 0 Å². The molecule has 3 N–H and O–H groups in total. The molecule has 0 bridgehead atoms. The van der Waals surface area contributed by atoms with Crippen LogP contribution in [-0.4, -0.2) is 23.2 Å². The minimum absolute atomic E-state index is 0.0451. The first-order valence-electron chi connectivity index (χ1n) is 6.14. The molecule has 110 valence electrons. The van der Waals surface area contributed by atoms with E-state index in [9.17, 15) is 15.0 Å². The molecule has 0 spiro atoms. The fourth-order valence-electron chi connectivity index (χ4n) is 1.84. The van der Waals surface area contributed by atoms with Crippen molar-refractivity contribution in [2.24, 2.45) is 0 Å². The van der Waals surface area contributed by atoms with Crippen molar-refractivity contribution in [2.75, 3.05) is 12.4 Å². The summed E-state index contributed by atoms with van der Waals surface area (Å²) in [6, 6.07) is 9.14. The van der Waals surface area contributed by atoms with Gasteiger partial charge in [-0.25, -0.2) is 0 Å². The Morgan fingerprint density at radius 2 is 1.95 bits per heavy atom. The van der Waals surface area contributed by atoms with Crippen molar-refractivity contribution in [3.8, 4) is 17.2 Å². The summed E-state index contributed by atoms with van der Waals surface area (Å²) in [7, 11) is 1.50. The van der Waals surface area contributed by atoms with Crippen molar-refractivity contribution >= 4 is 23.2 Å². The quantitative estimate of drug-likeness (QED) is 0.759. The van der Waals surface area contributed by atoms with Gasteiger partial charge in [0.25, 0.3) is 0 Å². The first-order valence-corrected chi connectivity index (χ1v) is 6.51. The predicted octanol–water partition coefficient (Wildman–Crippen LogP) is 2.94. The van der Waals surface area contributed by atoms with Crippen molar-refractivity contribution in [2.45, 2.75) is 6.42 Å². The van der Waals surface area contributed by atoms with Crippen LogP contribution >= 0.6 is 11.6 Å². The van der Waals surface area contributed by atoms with Crippen LogP contribution in [0.5, 0.6) is 17.2 Å². The van der Waals surface area contributed by atoms with Crippen LogP contribution in [0.4, 0.5) is 5.69 Å². The van der Waals surface area contributed by atoms with Gasteiger partial charge in [0.1, 0.15) is 5.75 Å². The number of phenolic OH excluding ortho intramolecular Hbond substituents is 2. The smallest absolute Gasteiger partial charge is 0.228 e. The third-order valence-electron chi connectivity index (χ3n) is 2.84. The van der Waals surface area contributed by atoms with Gasteiger partial charge in [-0.1, -0.05) is 17.7 Å². The lowest BCUT2D eigenvalue weighted by molar-refractivity contribution is -0.115. The molecule has 2 aromatic rings. The molecule has 0 aliphatic heterocycles. The molecule has 2 rings (SSSR count). The summed E-state index contributed by atoms with van der Waals surface area (Å²) in [5, 5.41) is 21.8. The minimum Gasteiger partial charge on any atom is -0.504 e. The molecule has 0 fully saturated rings. The summed E-state index contributed by atoms with van der Waals surface area (Å²) >= 11 is 5.89. The zero-order valence-electron chi connectivity index (χ0n) is 11.3. The van der Waals surface area contributed by atoms with Crippen LogP contribution in [0.3, 0.4) is 0 Å². The number of amides is 1. The van der Waals surface area contributed by atoms with Crippen molar-refractivity contribution in [3.05, 3.63) is 47.0 Å². The summed E-state index contributed by atoms with van der Waals surface area (Å²) in [6.45, 7) is 0. The molecule has 0 radical (unpaired) electrons. The largest absolute Gasteiger partial charge is 0.504 e. The Morgan fingerprint density at radius 3 is 2.62 bits per heavy atom. The van der Waals surface area contributed by atoms with Crippen LogP contribution in [0, 0.1) is 0 Å². The van der Waals surface area contributed by atoms with Crippen LogP contribution in [0.15, 0.2) is 36.4 Å². The summed E-state index contributed by atoms with van der Waals surface area (Å²) in [5.41, 5.74) is 1.04. The number of rotatable bonds is 4. The molecule has 6 heteroatoms. The van der Waals surface area contributed by atoms with Crippen LogP contribution in [-0.2, 0) is 11.2 Å². The number of hydrogen-bond acceptors (Lipinski definition) is 4. The van der Waals surface area contributed by atoms with Gasteiger partial charge >= 0.3 is 0 Å². The first kappa shape index (κ1) is 15.0. The number of ether oxygens (including phenoxy) is 1. The molecular formula is C15H14ClNO4. The second-order valence-corrected chi connectivity index (χ2v) is 4.83. The van der Waals surface area contributed by atoms with Crippen molar-refractivity contribution in [1.82, 2.24) is 0 Å². The van der Waals surface area contributed by atoms with Crippen LogP contribution in [0.25, 0.3) is 0 Å². The van der Waals surface area contributed by atoms with E-state index in [-0.39, 0.29) is 23.8 Å². The predicted molar refractivity (Wildman–Crippen MR) is 80.1 cm³/mol. The maximum Gasteiger partial charge on any atom is 0.228 e. The fourth-order valence-corrected chi connectivity index (χ4v) is 2.01. The molecular weight excluding hydrogens is 294 g/mol. The van der Waals surface area contributed by atoms with E-state index in [1.807, 2.05) is 0 Å². The summed E-state index contributed by atoms with van der Waals surface area (Å²) in [4.78, 5) is 12.0. The number of hydrogen-bond donors (Lipinski definition) is 3. The van der Waals surface area contributed by atoms with E-state index in [1.54, 1.807) is 24.3 Å². The Morgan fingerprint density at radius 1 is 1.19 bits per heavy atom. The third-order valence-corrected chi connectivity index (χ3v) is 3.08. The minimum atomic E-state index is -0.291. The lowest BCUT2D eigenvalue weighted by Crippen LogP contribution is -2.15. The van der Waals surface area contributed by atoms with Gasteiger partial charge in [-0.15, -0.1) is 0 Å². The van der Waals surface area contributed by atoms with Crippen molar-refractivity contribution < 1.29 is 19.7 Å². The lowest BCUT2D eigenvalue weighted by Gasteiger charge is -2.10. The van der Waals surface area contributed by atoms with Crippen LogP contribution in [0.2, 0.25) is 5.02 Å². The fraction of sp³-hybridized carbons (Fsp3) is 0.133. The van der Waals surface area contributed by atoms with Gasteiger partial charge in [-0.05, 0) is 35.9 Å². The molecule has 21 heavy (non-hydrogen) atoms. The molecule has 0 saturated heterocycles. The van der Waals surface area contributed by atoms with Crippen LogP contribution < -0.4 is 10.1 Å². The van der Waals surface area contributed by atoms with Gasteiger partial charge in [0, 0.05) is 5.02 Å². The van der Waals surface area contributed by atoms with Gasteiger partial charge in [0.2, 0.25) is 5.91 Å². The number of nitrogens with one attached hydrogen (secondary N) is 1. The van der Waals surface area contributed by atoms with E-state index >= 15 is 0 Å². The van der Waals surface area contributed by atoms with Gasteiger partial charge in [0.05, 0.1) is 19.2 Å². The normalized spacial score (nSPS) is 10.2. The summed E-state index contributed by atoms with van der Waals surface area (Å²) in [6.07, 6.45) is 0.0451. The van der Waals surface area contributed by atoms with Crippen molar-refractivity contribution in [3.63, 3.8) is 0 Å². The summed E-state index contributed by atoms with van der Waals surface area (Å²) in [5.74, 6) is -0.279. The number of aromatic hydroxyl groups is 2. The van der Waals surface area contributed by atoms with E-state index in [4.69, 9.17) is 16.3 Å². The van der Waals surface area contributed by atoms with Crippen molar-refractivity contribution in [1.29, 1.82) is 0 Å². The molecule has 1 amide bonds. The van der Waals surface area contributed by atoms with E-state index in [2.05, 4.69) is 5.32 Å². The standard InChI is InChI=1S/C15H14ClNO4/c1-21-14-5-3-10(16)8-11(14)17-15(20)7-9-2-4-12(18)13(19)6-9/h2-6,8,18-19H,7H2,1H3,(H,17,20). The number of carbonyl (C=O) groups is 1. The number of carbonyl (C=O) groups excluding carboxylic acids is 1. The van der Waals surface area contributed by atoms with E-state index in [0.717, 1.165) is 0 Å². The average molecular weight is 308 g/mol. The zero-order valence-corrected chi connectivity index (χ0v) is 12.0. The first-order chi connectivity index (χ1) is 9.99. The zero-order chi connectivity index (χ0) is 15.4.